The Labute approximate surface area is 182 Å². The number of hydrogen-bond acceptors (Lipinski definition) is 4. The van der Waals surface area contributed by atoms with Crippen LogP contribution in [-0.4, -0.2) is 5.26 Å². The fraction of sp³-hybridized carbons (Fsp3) is 0.538. The average Bonchev–Trinajstić information content (AvgIpc) is 3.58. The molecule has 2 fully saturated rings. The van der Waals surface area contributed by atoms with Crippen molar-refractivity contribution < 1.29 is 10.1 Å². The van der Waals surface area contributed by atoms with Crippen molar-refractivity contribution in [3.8, 4) is 0 Å². The van der Waals surface area contributed by atoms with Gasteiger partial charge in [0.15, 0.2) is 0 Å². The fourth-order valence-corrected chi connectivity index (χ4v) is 4.11. The van der Waals surface area contributed by atoms with E-state index in [1.807, 2.05) is 58.0 Å². The van der Waals surface area contributed by atoms with Crippen molar-refractivity contribution in [1.82, 2.24) is 0 Å². The van der Waals surface area contributed by atoms with Crippen molar-refractivity contribution in [2.75, 3.05) is 0 Å². The Morgan fingerprint density at radius 1 is 0.733 bits per heavy atom. The van der Waals surface area contributed by atoms with Gasteiger partial charge in [-0.3, -0.25) is 5.26 Å². The zero-order valence-corrected chi connectivity index (χ0v) is 19.2. The minimum absolute atomic E-state index is 0.415. The number of benzene rings is 2. The Kier molecular flexibility index (Phi) is 16.6. The van der Waals surface area contributed by atoms with Gasteiger partial charge in [0.1, 0.15) is 5.60 Å². The molecule has 0 spiro atoms. The van der Waals surface area contributed by atoms with Gasteiger partial charge in [-0.25, -0.2) is 4.89 Å². The van der Waals surface area contributed by atoms with E-state index in [0.717, 1.165) is 37.2 Å². The molecule has 168 valence electrons. The first-order chi connectivity index (χ1) is 14.8. The standard InChI is InChI=1S/C11H14O2.C11H14.2C2H6.O2/c12-13-11(8-4-5-9-11)10-6-2-1-3-7-10;1-2-6-10(7-3-1)11-8-4-5-9-11;3*1-2/h1-3,6-7,12H,4-5,8-9H2;1-3,6-7,11H,4-5,8-9H2;2*1-2H3;. The zero-order valence-electron chi connectivity index (χ0n) is 19.2. The third-order valence-electron chi connectivity index (χ3n) is 5.51. The van der Waals surface area contributed by atoms with Crippen LogP contribution < -0.4 is 0 Å². The molecule has 0 saturated heterocycles. The second kappa shape index (κ2) is 17.8. The normalized spacial score (nSPS) is 16.3. The molecule has 2 aliphatic rings. The van der Waals surface area contributed by atoms with Crippen LogP contribution >= 0.6 is 0 Å². The molecule has 0 heterocycles. The molecule has 2 saturated carbocycles. The van der Waals surface area contributed by atoms with Crippen LogP contribution in [0.1, 0.15) is 96.1 Å². The predicted molar refractivity (Wildman–Crippen MR) is 127 cm³/mol. The van der Waals surface area contributed by atoms with E-state index in [2.05, 4.69) is 35.2 Å². The summed E-state index contributed by atoms with van der Waals surface area (Å²) in [7, 11) is 0. The van der Waals surface area contributed by atoms with Gasteiger partial charge in [0.05, 0.1) is 0 Å². The van der Waals surface area contributed by atoms with E-state index in [4.69, 9.17) is 15.2 Å². The van der Waals surface area contributed by atoms with Crippen molar-refractivity contribution in [3.05, 3.63) is 81.7 Å². The first-order valence-electron chi connectivity index (χ1n) is 11.4. The summed E-state index contributed by atoms with van der Waals surface area (Å²) in [6.07, 6.45) is 9.79. The zero-order chi connectivity index (χ0) is 22.7. The molecule has 2 aromatic rings. The Hall–Kier alpha value is -2.04. The highest BCUT2D eigenvalue weighted by molar-refractivity contribution is 5.23. The van der Waals surface area contributed by atoms with E-state index in [0.29, 0.717) is 0 Å². The molecule has 0 aliphatic heterocycles. The SMILES string of the molecule is CC.CC.O=O.OOC1(c2ccccc2)CCCC1.c1ccc(C2CCCC2)cc1. The van der Waals surface area contributed by atoms with E-state index in [1.165, 1.54) is 25.7 Å². The van der Waals surface area contributed by atoms with Crippen LogP contribution in [0.5, 0.6) is 0 Å². The van der Waals surface area contributed by atoms with E-state index in [1.54, 1.807) is 5.56 Å². The number of rotatable bonds is 3. The lowest BCUT2D eigenvalue weighted by Crippen LogP contribution is -2.24. The highest BCUT2D eigenvalue weighted by Gasteiger charge is 2.37. The van der Waals surface area contributed by atoms with Gasteiger partial charge in [-0.2, -0.15) is 0 Å². The van der Waals surface area contributed by atoms with Gasteiger partial charge < -0.3 is 0 Å². The van der Waals surface area contributed by atoms with Gasteiger partial charge in [-0.15, -0.1) is 0 Å². The van der Waals surface area contributed by atoms with E-state index >= 15 is 0 Å². The van der Waals surface area contributed by atoms with Crippen LogP contribution in [0.15, 0.2) is 60.7 Å². The lowest BCUT2D eigenvalue weighted by Gasteiger charge is -2.25. The van der Waals surface area contributed by atoms with E-state index < -0.39 is 5.60 Å². The van der Waals surface area contributed by atoms with Crippen LogP contribution in [0.4, 0.5) is 0 Å². The number of hydrogen-bond donors (Lipinski definition) is 1. The molecular weight excluding hydrogens is 376 g/mol. The molecule has 30 heavy (non-hydrogen) atoms. The van der Waals surface area contributed by atoms with Crippen molar-refractivity contribution in [2.24, 2.45) is 0 Å². The molecule has 4 rings (SSSR count). The maximum atomic E-state index is 8.97. The van der Waals surface area contributed by atoms with Crippen LogP contribution in [0.3, 0.4) is 0 Å². The second-order valence-corrected chi connectivity index (χ2v) is 7.05. The van der Waals surface area contributed by atoms with Gasteiger partial charge in [0.2, 0.25) is 0 Å². The molecule has 0 radical (unpaired) electrons. The lowest BCUT2D eigenvalue weighted by molar-refractivity contribution is -0.327. The summed E-state index contributed by atoms with van der Waals surface area (Å²) >= 11 is 0. The molecule has 0 bridgehead atoms. The molecule has 0 amide bonds. The molecule has 4 heteroatoms. The van der Waals surface area contributed by atoms with E-state index in [9.17, 15) is 0 Å². The molecular formula is C26H40O4. The highest BCUT2D eigenvalue weighted by atomic mass is 17.1. The van der Waals surface area contributed by atoms with Crippen molar-refractivity contribution in [2.45, 2.75) is 90.6 Å². The van der Waals surface area contributed by atoms with Crippen molar-refractivity contribution in [3.63, 3.8) is 0 Å². The average molecular weight is 417 g/mol. The second-order valence-electron chi connectivity index (χ2n) is 7.05. The molecule has 2 aromatic carbocycles. The smallest absolute Gasteiger partial charge is 0.128 e. The fourth-order valence-electron chi connectivity index (χ4n) is 4.11. The Morgan fingerprint density at radius 2 is 1.17 bits per heavy atom. The van der Waals surface area contributed by atoms with Crippen LogP contribution in [-0.2, 0) is 10.5 Å². The minimum Gasteiger partial charge on any atom is -0.251 e. The molecule has 4 nitrogen and oxygen atoms in total. The van der Waals surface area contributed by atoms with Gasteiger partial charge in [0.25, 0.3) is 0 Å². The summed E-state index contributed by atoms with van der Waals surface area (Å²) in [6.45, 7) is 8.00. The summed E-state index contributed by atoms with van der Waals surface area (Å²) in [5.74, 6) is 0.871. The quantitative estimate of drug-likeness (QED) is 0.403. The highest BCUT2D eigenvalue weighted by Crippen LogP contribution is 2.41. The van der Waals surface area contributed by atoms with Crippen LogP contribution in [0.2, 0.25) is 0 Å². The predicted octanol–water partition coefficient (Wildman–Crippen LogP) is 8.41. The first kappa shape index (κ1) is 28.0. The van der Waals surface area contributed by atoms with Gasteiger partial charge >= 0.3 is 0 Å². The third-order valence-corrected chi connectivity index (χ3v) is 5.51. The topological polar surface area (TPSA) is 63.6 Å². The maximum Gasteiger partial charge on any atom is 0.128 e. The minimum atomic E-state index is -0.415. The van der Waals surface area contributed by atoms with Gasteiger partial charge in [-0.1, -0.05) is 101 Å². The molecule has 0 aromatic heterocycles. The van der Waals surface area contributed by atoms with Crippen LogP contribution in [0.25, 0.3) is 0 Å². The Morgan fingerprint density at radius 3 is 1.60 bits per heavy atom. The monoisotopic (exact) mass is 416 g/mol. The maximum absolute atomic E-state index is 8.97. The summed E-state index contributed by atoms with van der Waals surface area (Å²) in [6, 6.07) is 20.9. The largest absolute Gasteiger partial charge is 0.251 e. The summed E-state index contributed by atoms with van der Waals surface area (Å²) in [5.41, 5.74) is 2.22. The summed E-state index contributed by atoms with van der Waals surface area (Å²) in [4.78, 5) is 18.7. The van der Waals surface area contributed by atoms with Gasteiger partial charge in [-0.05, 0) is 55.6 Å². The third kappa shape index (κ3) is 8.76. The molecule has 0 unspecified atom stereocenters. The molecule has 0 atom stereocenters. The lowest BCUT2D eigenvalue weighted by atomic mass is 9.92. The van der Waals surface area contributed by atoms with Crippen molar-refractivity contribution >= 4 is 0 Å². The van der Waals surface area contributed by atoms with Gasteiger partial charge in [0, 0.05) is 9.93 Å². The first-order valence-corrected chi connectivity index (χ1v) is 11.4. The molecule has 2 aliphatic carbocycles. The summed E-state index contributed by atoms with van der Waals surface area (Å²) in [5, 5.41) is 8.97. The van der Waals surface area contributed by atoms with Crippen molar-refractivity contribution in [1.29, 1.82) is 0 Å². The van der Waals surface area contributed by atoms with E-state index in [-0.39, 0.29) is 0 Å². The Balaban J connectivity index is 0.000000453. The van der Waals surface area contributed by atoms with Crippen LogP contribution in [0, 0.1) is 9.93 Å². The Bertz CT molecular complexity index is 603. The summed E-state index contributed by atoms with van der Waals surface area (Å²) < 4.78 is 0. The molecule has 1 N–H and O–H groups in total.